The van der Waals surface area contributed by atoms with E-state index < -0.39 is 5.97 Å². The van der Waals surface area contributed by atoms with Gasteiger partial charge in [0, 0.05) is 0 Å². The number of aliphatic hydroxyl groups is 1. The summed E-state index contributed by atoms with van der Waals surface area (Å²) in [5.41, 5.74) is 0. The molecule has 0 rings (SSSR count). The predicted molar refractivity (Wildman–Crippen MR) is 55.1 cm³/mol. The lowest BCUT2D eigenvalue weighted by Crippen LogP contribution is -2.17. The van der Waals surface area contributed by atoms with Gasteiger partial charge in [0.1, 0.15) is 5.25 Å². The Morgan fingerprint density at radius 1 is 1.46 bits per heavy atom. The summed E-state index contributed by atoms with van der Waals surface area (Å²) in [6.45, 7) is 3.70. The number of rotatable bonds is 7. The number of thioether (sulfide) groups is 1. The smallest absolute Gasteiger partial charge is 0.316 e. The SMILES string of the molecule is CCCC(SCCC(C)O)C(=O)O. The number of hydrogen-bond donors (Lipinski definition) is 2. The molecule has 0 bridgehead atoms. The lowest BCUT2D eigenvalue weighted by atomic mass is 10.2. The van der Waals surface area contributed by atoms with Gasteiger partial charge in [-0.3, -0.25) is 4.79 Å². The van der Waals surface area contributed by atoms with E-state index in [9.17, 15) is 4.79 Å². The van der Waals surface area contributed by atoms with E-state index in [1.165, 1.54) is 11.8 Å². The monoisotopic (exact) mass is 206 g/mol. The zero-order valence-electron chi connectivity index (χ0n) is 8.19. The minimum Gasteiger partial charge on any atom is -0.480 e. The van der Waals surface area contributed by atoms with E-state index in [0.717, 1.165) is 6.42 Å². The minimum atomic E-state index is -0.738. The molecule has 2 atom stereocenters. The molecule has 3 nitrogen and oxygen atoms in total. The molecule has 0 spiro atoms. The van der Waals surface area contributed by atoms with Crippen LogP contribution in [0.15, 0.2) is 0 Å². The number of aliphatic carboxylic acids is 1. The van der Waals surface area contributed by atoms with Crippen molar-refractivity contribution in [2.45, 2.75) is 44.5 Å². The molecule has 0 aromatic rings. The summed E-state index contributed by atoms with van der Waals surface area (Å²) >= 11 is 1.42. The van der Waals surface area contributed by atoms with Gasteiger partial charge >= 0.3 is 5.97 Å². The van der Waals surface area contributed by atoms with E-state index in [1.807, 2.05) is 6.92 Å². The van der Waals surface area contributed by atoms with Crippen LogP contribution in [0.2, 0.25) is 0 Å². The average Bonchev–Trinajstić information content (AvgIpc) is 2.02. The fraction of sp³-hybridized carbons (Fsp3) is 0.889. The van der Waals surface area contributed by atoms with Gasteiger partial charge in [0.25, 0.3) is 0 Å². The lowest BCUT2D eigenvalue weighted by molar-refractivity contribution is -0.136. The topological polar surface area (TPSA) is 57.5 Å². The summed E-state index contributed by atoms with van der Waals surface area (Å²) in [4.78, 5) is 10.7. The van der Waals surface area contributed by atoms with Crippen molar-refractivity contribution >= 4 is 17.7 Å². The second-order valence-corrected chi connectivity index (χ2v) is 4.43. The summed E-state index contributed by atoms with van der Waals surface area (Å²) in [5, 5.41) is 17.5. The second-order valence-electron chi connectivity index (χ2n) is 3.12. The van der Waals surface area contributed by atoms with Gasteiger partial charge in [0.15, 0.2) is 0 Å². The van der Waals surface area contributed by atoms with Gasteiger partial charge < -0.3 is 10.2 Å². The van der Waals surface area contributed by atoms with Crippen LogP contribution in [0.4, 0.5) is 0 Å². The Kier molecular flexibility index (Phi) is 7.09. The molecule has 0 aliphatic carbocycles. The number of carbonyl (C=O) groups is 1. The van der Waals surface area contributed by atoms with Gasteiger partial charge in [0.05, 0.1) is 6.10 Å². The maximum atomic E-state index is 10.7. The number of hydrogen-bond acceptors (Lipinski definition) is 3. The lowest BCUT2D eigenvalue weighted by Gasteiger charge is -2.11. The van der Waals surface area contributed by atoms with E-state index in [4.69, 9.17) is 10.2 Å². The maximum Gasteiger partial charge on any atom is 0.316 e. The van der Waals surface area contributed by atoms with Crippen molar-refractivity contribution in [1.29, 1.82) is 0 Å². The van der Waals surface area contributed by atoms with Crippen molar-refractivity contribution in [3.8, 4) is 0 Å². The highest BCUT2D eigenvalue weighted by Gasteiger charge is 2.16. The third-order valence-corrected chi connectivity index (χ3v) is 2.99. The Balaban J connectivity index is 3.63. The molecule has 0 aliphatic heterocycles. The molecule has 0 radical (unpaired) electrons. The average molecular weight is 206 g/mol. The summed E-state index contributed by atoms with van der Waals surface area (Å²) in [6.07, 6.45) is 1.93. The largest absolute Gasteiger partial charge is 0.480 e. The van der Waals surface area contributed by atoms with Crippen LogP contribution in [0, 0.1) is 0 Å². The quantitative estimate of drug-likeness (QED) is 0.666. The molecule has 0 amide bonds. The zero-order valence-corrected chi connectivity index (χ0v) is 9.01. The molecule has 2 N–H and O–H groups in total. The van der Waals surface area contributed by atoms with Crippen molar-refractivity contribution in [2.75, 3.05) is 5.75 Å². The first kappa shape index (κ1) is 12.8. The molecule has 0 aromatic heterocycles. The van der Waals surface area contributed by atoms with Crippen LogP contribution in [-0.2, 0) is 4.79 Å². The van der Waals surface area contributed by atoms with Crippen molar-refractivity contribution < 1.29 is 15.0 Å². The first-order valence-electron chi connectivity index (χ1n) is 4.60. The third-order valence-electron chi connectivity index (χ3n) is 1.68. The molecule has 0 heterocycles. The Bertz CT molecular complexity index is 148. The fourth-order valence-electron chi connectivity index (χ4n) is 0.921. The van der Waals surface area contributed by atoms with E-state index >= 15 is 0 Å². The summed E-state index contributed by atoms with van der Waals surface area (Å²) in [5.74, 6) is -0.0216. The van der Waals surface area contributed by atoms with Crippen LogP contribution in [0.25, 0.3) is 0 Å². The van der Waals surface area contributed by atoms with Crippen LogP contribution >= 0.6 is 11.8 Å². The van der Waals surface area contributed by atoms with Crippen LogP contribution in [0.1, 0.15) is 33.1 Å². The Hall–Kier alpha value is -0.220. The van der Waals surface area contributed by atoms with Crippen LogP contribution in [0.3, 0.4) is 0 Å². The van der Waals surface area contributed by atoms with E-state index in [-0.39, 0.29) is 11.4 Å². The zero-order chi connectivity index (χ0) is 10.3. The summed E-state index contributed by atoms with van der Waals surface area (Å²) in [7, 11) is 0. The molecular weight excluding hydrogens is 188 g/mol. The molecule has 4 heteroatoms. The summed E-state index contributed by atoms with van der Waals surface area (Å²) < 4.78 is 0. The molecule has 2 unspecified atom stereocenters. The van der Waals surface area contributed by atoms with E-state index in [2.05, 4.69) is 0 Å². The van der Waals surface area contributed by atoms with Gasteiger partial charge in [-0.1, -0.05) is 13.3 Å². The molecule has 13 heavy (non-hydrogen) atoms. The van der Waals surface area contributed by atoms with Crippen LogP contribution in [0.5, 0.6) is 0 Å². The predicted octanol–water partition coefficient (Wildman–Crippen LogP) is 1.74. The number of carboxylic acid groups (broad SMARTS) is 1. The van der Waals surface area contributed by atoms with Crippen LogP contribution in [-0.4, -0.2) is 33.3 Å². The molecular formula is C9H18O3S. The molecule has 0 aliphatic rings. The van der Waals surface area contributed by atoms with Gasteiger partial charge in [-0.05, 0) is 25.5 Å². The number of aliphatic hydroxyl groups excluding tert-OH is 1. The Morgan fingerprint density at radius 3 is 2.46 bits per heavy atom. The highest BCUT2D eigenvalue weighted by molar-refractivity contribution is 8.00. The standard InChI is InChI=1S/C9H18O3S/c1-3-4-8(9(11)12)13-6-5-7(2)10/h7-8,10H,3-6H2,1-2H3,(H,11,12). The highest BCUT2D eigenvalue weighted by atomic mass is 32.2. The molecule has 0 saturated heterocycles. The van der Waals surface area contributed by atoms with Crippen molar-refractivity contribution in [3.63, 3.8) is 0 Å². The molecule has 0 fully saturated rings. The van der Waals surface area contributed by atoms with Crippen LogP contribution < -0.4 is 0 Å². The Morgan fingerprint density at radius 2 is 2.08 bits per heavy atom. The van der Waals surface area contributed by atoms with Gasteiger partial charge in [-0.25, -0.2) is 0 Å². The van der Waals surface area contributed by atoms with Crippen molar-refractivity contribution in [3.05, 3.63) is 0 Å². The van der Waals surface area contributed by atoms with E-state index in [1.54, 1.807) is 6.92 Å². The normalized spacial score (nSPS) is 15.3. The first-order chi connectivity index (χ1) is 6.07. The first-order valence-corrected chi connectivity index (χ1v) is 5.65. The van der Waals surface area contributed by atoms with E-state index in [0.29, 0.717) is 18.6 Å². The van der Waals surface area contributed by atoms with Gasteiger partial charge in [0.2, 0.25) is 0 Å². The van der Waals surface area contributed by atoms with Crippen molar-refractivity contribution in [2.24, 2.45) is 0 Å². The number of carboxylic acids is 1. The van der Waals surface area contributed by atoms with Crippen molar-refractivity contribution in [1.82, 2.24) is 0 Å². The highest BCUT2D eigenvalue weighted by Crippen LogP contribution is 2.18. The fourth-order valence-corrected chi connectivity index (χ4v) is 2.23. The molecule has 78 valence electrons. The van der Waals surface area contributed by atoms with Gasteiger partial charge in [-0.2, -0.15) is 0 Å². The second kappa shape index (κ2) is 7.21. The third kappa shape index (κ3) is 6.90. The minimum absolute atomic E-state index is 0.302. The molecule has 0 saturated carbocycles. The Labute approximate surface area is 83.5 Å². The summed E-state index contributed by atoms with van der Waals surface area (Å²) in [6, 6.07) is 0. The van der Waals surface area contributed by atoms with Gasteiger partial charge in [-0.15, -0.1) is 11.8 Å². The molecule has 0 aromatic carbocycles. The maximum absolute atomic E-state index is 10.7.